The van der Waals surface area contributed by atoms with Crippen LogP contribution in [-0.4, -0.2) is 40.6 Å². The van der Waals surface area contributed by atoms with Crippen LogP contribution < -0.4 is 5.56 Å². The van der Waals surface area contributed by atoms with E-state index in [-0.39, 0.29) is 36.3 Å². The highest BCUT2D eigenvalue weighted by Crippen LogP contribution is 2.23. The molecule has 1 atom stereocenters. The van der Waals surface area contributed by atoms with E-state index in [0.717, 1.165) is 6.20 Å². The van der Waals surface area contributed by atoms with Gasteiger partial charge in [-0.05, 0) is 31.5 Å². The Morgan fingerprint density at radius 1 is 1.34 bits per heavy atom. The summed E-state index contributed by atoms with van der Waals surface area (Å²) >= 11 is 0. The number of aromatic nitrogens is 6. The Kier molecular flexibility index (Phi) is 5.25. The molecule has 2 N–H and O–H groups in total. The molecule has 3 heterocycles. The lowest BCUT2D eigenvalue weighted by Gasteiger charge is -2.13. The second-order valence-electron chi connectivity index (χ2n) is 6.33. The maximum absolute atomic E-state index is 13.6. The monoisotopic (exact) mass is 416 g/mol. The standard InChI is InChI=1S/C18H15FN6O3.H2S/c1-9-14-15(25(23-9)10(2)11-4-3-5-13(19)6-11)16(26)22-18(21-14)24-8-12(7-20-24)17(27)28;/h3-8,10H,1-2H3,(H,27,28)(H,21,22,26);1H2/t10-;/m0./s1. The topological polar surface area (TPSA) is 119 Å². The summed E-state index contributed by atoms with van der Waals surface area (Å²) in [5, 5.41) is 17.4. The molecule has 0 amide bonds. The molecule has 0 aliphatic rings. The molecule has 0 fully saturated rings. The molecule has 0 unspecified atom stereocenters. The lowest BCUT2D eigenvalue weighted by molar-refractivity contribution is 0.0697. The van der Waals surface area contributed by atoms with Crippen LogP contribution in [0.15, 0.2) is 41.5 Å². The summed E-state index contributed by atoms with van der Waals surface area (Å²) in [5.74, 6) is -1.44. The van der Waals surface area contributed by atoms with Crippen molar-refractivity contribution >= 4 is 30.5 Å². The molecule has 4 aromatic rings. The quantitative estimate of drug-likeness (QED) is 0.526. The maximum atomic E-state index is 13.6. The Morgan fingerprint density at radius 3 is 2.76 bits per heavy atom. The van der Waals surface area contributed by atoms with E-state index in [1.54, 1.807) is 26.0 Å². The predicted octanol–water partition coefficient (Wildman–Crippen LogP) is 2.17. The van der Waals surface area contributed by atoms with Crippen molar-refractivity contribution in [3.8, 4) is 5.95 Å². The molecule has 0 aliphatic carbocycles. The zero-order valence-electron chi connectivity index (χ0n) is 15.4. The van der Waals surface area contributed by atoms with Crippen molar-refractivity contribution in [2.75, 3.05) is 0 Å². The van der Waals surface area contributed by atoms with Crippen LogP contribution in [0.25, 0.3) is 17.0 Å². The van der Waals surface area contributed by atoms with Crippen LogP contribution in [0.1, 0.15) is 34.6 Å². The van der Waals surface area contributed by atoms with Gasteiger partial charge in [-0.25, -0.2) is 18.9 Å². The van der Waals surface area contributed by atoms with Gasteiger partial charge < -0.3 is 5.11 Å². The number of benzene rings is 1. The van der Waals surface area contributed by atoms with Gasteiger partial charge in [0.05, 0.1) is 23.5 Å². The molecule has 1 aromatic carbocycles. The first-order chi connectivity index (χ1) is 13.3. The van der Waals surface area contributed by atoms with E-state index in [9.17, 15) is 14.0 Å². The Bertz CT molecular complexity index is 1280. The average molecular weight is 416 g/mol. The van der Waals surface area contributed by atoms with Crippen molar-refractivity contribution in [3.63, 3.8) is 0 Å². The molecule has 0 bridgehead atoms. The fourth-order valence-corrected chi connectivity index (χ4v) is 3.02. The Balaban J connectivity index is 0.00000240. The molecule has 0 saturated carbocycles. The highest BCUT2D eigenvalue weighted by molar-refractivity contribution is 7.59. The third kappa shape index (κ3) is 3.51. The van der Waals surface area contributed by atoms with Gasteiger partial charge in [-0.2, -0.15) is 23.7 Å². The van der Waals surface area contributed by atoms with E-state index in [1.807, 2.05) is 0 Å². The summed E-state index contributed by atoms with van der Waals surface area (Å²) in [6, 6.07) is 5.69. The van der Waals surface area contributed by atoms with E-state index in [2.05, 4.69) is 20.2 Å². The molecule has 29 heavy (non-hydrogen) atoms. The van der Waals surface area contributed by atoms with Gasteiger partial charge in [0.25, 0.3) is 5.56 Å². The SMILES string of the molecule is Cc1nn([C@@H](C)c2cccc(F)c2)c2c(=O)[nH]c(-n3cc(C(=O)O)cn3)nc12.S. The van der Waals surface area contributed by atoms with Crippen molar-refractivity contribution in [3.05, 3.63) is 69.7 Å². The number of carboxylic acid groups (broad SMARTS) is 1. The van der Waals surface area contributed by atoms with Crippen LogP contribution in [-0.2, 0) is 0 Å². The smallest absolute Gasteiger partial charge is 0.338 e. The van der Waals surface area contributed by atoms with Gasteiger partial charge in [0.15, 0.2) is 5.52 Å². The van der Waals surface area contributed by atoms with Crippen LogP contribution in [0, 0.1) is 12.7 Å². The van der Waals surface area contributed by atoms with Crippen molar-refractivity contribution < 1.29 is 14.3 Å². The molecule has 0 spiro atoms. The number of hydrogen-bond acceptors (Lipinski definition) is 5. The van der Waals surface area contributed by atoms with Crippen LogP contribution in [0.3, 0.4) is 0 Å². The molecular formula is C18H17FN6O3S. The minimum Gasteiger partial charge on any atom is -0.478 e. The number of H-pyrrole nitrogens is 1. The van der Waals surface area contributed by atoms with Crippen molar-refractivity contribution in [1.82, 2.24) is 29.5 Å². The van der Waals surface area contributed by atoms with Gasteiger partial charge in [-0.3, -0.25) is 14.5 Å². The van der Waals surface area contributed by atoms with Gasteiger partial charge in [0.1, 0.15) is 11.3 Å². The minimum absolute atomic E-state index is 0. The van der Waals surface area contributed by atoms with Crippen LogP contribution in [0.5, 0.6) is 0 Å². The van der Waals surface area contributed by atoms with Gasteiger partial charge >= 0.3 is 5.97 Å². The summed E-state index contributed by atoms with van der Waals surface area (Å²) in [6.45, 7) is 3.51. The van der Waals surface area contributed by atoms with Gasteiger partial charge in [0.2, 0.25) is 5.95 Å². The Hall–Kier alpha value is -3.47. The number of halogens is 1. The number of nitrogens with one attached hydrogen (secondary N) is 1. The number of aryl methyl sites for hydroxylation is 1. The third-order valence-corrected chi connectivity index (χ3v) is 4.46. The second kappa shape index (κ2) is 7.51. The van der Waals surface area contributed by atoms with Crippen LogP contribution >= 0.6 is 13.5 Å². The lowest BCUT2D eigenvalue weighted by Crippen LogP contribution is -2.19. The van der Waals surface area contributed by atoms with E-state index >= 15 is 0 Å². The second-order valence-corrected chi connectivity index (χ2v) is 6.33. The van der Waals surface area contributed by atoms with E-state index < -0.39 is 17.6 Å². The summed E-state index contributed by atoms with van der Waals surface area (Å²) in [4.78, 5) is 30.8. The van der Waals surface area contributed by atoms with Crippen LogP contribution in [0.2, 0.25) is 0 Å². The summed E-state index contributed by atoms with van der Waals surface area (Å²) in [5.41, 5.74) is 1.27. The third-order valence-electron chi connectivity index (χ3n) is 4.46. The van der Waals surface area contributed by atoms with E-state index in [0.29, 0.717) is 16.8 Å². The summed E-state index contributed by atoms with van der Waals surface area (Å²) in [7, 11) is 0. The van der Waals surface area contributed by atoms with E-state index in [1.165, 1.54) is 27.7 Å². The number of carboxylic acids is 1. The molecule has 11 heteroatoms. The van der Waals surface area contributed by atoms with Gasteiger partial charge in [-0.1, -0.05) is 12.1 Å². The Labute approximate surface area is 170 Å². The van der Waals surface area contributed by atoms with Crippen molar-refractivity contribution in [2.24, 2.45) is 0 Å². The van der Waals surface area contributed by atoms with Crippen molar-refractivity contribution in [2.45, 2.75) is 19.9 Å². The Morgan fingerprint density at radius 2 is 2.10 bits per heavy atom. The molecule has 0 saturated heterocycles. The number of nitrogens with zero attached hydrogens (tertiary/aromatic N) is 5. The first-order valence-corrected chi connectivity index (χ1v) is 8.38. The predicted molar refractivity (Wildman–Crippen MR) is 108 cm³/mol. The molecule has 9 nitrogen and oxygen atoms in total. The molecular weight excluding hydrogens is 399 g/mol. The normalized spacial score (nSPS) is 12.0. The number of aromatic amines is 1. The summed E-state index contributed by atoms with van der Waals surface area (Å²) < 4.78 is 16.3. The average Bonchev–Trinajstić information content (AvgIpc) is 3.27. The number of carbonyl (C=O) groups is 1. The summed E-state index contributed by atoms with van der Waals surface area (Å²) in [6.07, 6.45) is 2.41. The number of aromatic carboxylic acids is 1. The van der Waals surface area contributed by atoms with Gasteiger partial charge in [-0.15, -0.1) is 0 Å². The minimum atomic E-state index is -1.14. The fourth-order valence-electron chi connectivity index (χ4n) is 3.02. The number of rotatable bonds is 4. The van der Waals surface area contributed by atoms with E-state index in [4.69, 9.17) is 5.11 Å². The molecule has 4 rings (SSSR count). The van der Waals surface area contributed by atoms with Gasteiger partial charge in [0, 0.05) is 6.20 Å². The maximum Gasteiger partial charge on any atom is 0.338 e. The van der Waals surface area contributed by atoms with Crippen LogP contribution in [0.4, 0.5) is 4.39 Å². The molecule has 0 radical (unpaired) electrons. The zero-order chi connectivity index (χ0) is 20.0. The largest absolute Gasteiger partial charge is 0.478 e. The molecule has 150 valence electrons. The first kappa shape index (κ1) is 20.3. The fraction of sp³-hybridized carbons (Fsp3) is 0.167. The molecule has 0 aliphatic heterocycles. The lowest BCUT2D eigenvalue weighted by atomic mass is 10.1. The molecule has 3 aromatic heterocycles. The zero-order valence-corrected chi connectivity index (χ0v) is 16.4. The van der Waals surface area contributed by atoms with Crippen molar-refractivity contribution in [1.29, 1.82) is 0 Å². The highest BCUT2D eigenvalue weighted by Gasteiger charge is 2.20. The number of hydrogen-bond donors (Lipinski definition) is 2. The number of fused-ring (bicyclic) bond motifs is 1. The first-order valence-electron chi connectivity index (χ1n) is 8.38. The highest BCUT2D eigenvalue weighted by atomic mass is 32.1.